The van der Waals surface area contributed by atoms with Gasteiger partial charge in [-0.2, -0.15) is 5.10 Å². The quantitative estimate of drug-likeness (QED) is 0.366. The summed E-state index contributed by atoms with van der Waals surface area (Å²) < 4.78 is 11.8. The Bertz CT molecular complexity index is 921. The number of benzene rings is 2. The molecule has 0 fully saturated rings. The summed E-state index contributed by atoms with van der Waals surface area (Å²) in [7, 11) is 1.55. The molecule has 0 aliphatic rings. The van der Waals surface area contributed by atoms with E-state index in [1.165, 1.54) is 6.21 Å². The highest BCUT2D eigenvalue weighted by Crippen LogP contribution is 2.36. The standard InChI is InChI=1S/C21H23BrClN3O4/c1-3-10-30-21-15(22)11-14(12-18(21)29-2)13-24-26-20(28)9-8-19(27)25-17-7-5-4-6-16(17)23/h4-7,11-13H,3,8-10H2,1-2H3,(H,25,27)(H,26,28). The summed E-state index contributed by atoms with van der Waals surface area (Å²) in [5.41, 5.74) is 3.62. The predicted molar refractivity (Wildman–Crippen MR) is 122 cm³/mol. The van der Waals surface area contributed by atoms with Gasteiger partial charge in [0.25, 0.3) is 0 Å². The average molecular weight is 497 g/mol. The number of anilines is 1. The fourth-order valence-corrected chi connectivity index (χ4v) is 3.15. The second-order valence-corrected chi connectivity index (χ2v) is 7.47. The van der Waals surface area contributed by atoms with Crippen LogP contribution in [0.1, 0.15) is 31.7 Å². The SMILES string of the molecule is CCCOc1c(Br)cc(C=NNC(=O)CCC(=O)Nc2ccccc2Cl)cc1OC. The Balaban J connectivity index is 1.86. The lowest BCUT2D eigenvalue weighted by atomic mass is 10.2. The van der Waals surface area contributed by atoms with Crippen molar-refractivity contribution >= 4 is 51.2 Å². The monoisotopic (exact) mass is 495 g/mol. The first-order valence-electron chi connectivity index (χ1n) is 9.31. The number of rotatable bonds is 10. The van der Waals surface area contributed by atoms with Gasteiger partial charge in [0.1, 0.15) is 0 Å². The van der Waals surface area contributed by atoms with Crippen LogP contribution in [0.25, 0.3) is 0 Å². The lowest BCUT2D eigenvalue weighted by Gasteiger charge is -2.12. The highest BCUT2D eigenvalue weighted by atomic mass is 79.9. The van der Waals surface area contributed by atoms with Crippen molar-refractivity contribution in [3.63, 3.8) is 0 Å². The Morgan fingerprint density at radius 3 is 2.63 bits per heavy atom. The predicted octanol–water partition coefficient (Wildman–Crippen LogP) is 4.77. The van der Waals surface area contributed by atoms with Gasteiger partial charge in [0.2, 0.25) is 11.8 Å². The van der Waals surface area contributed by atoms with Gasteiger partial charge in [0.15, 0.2) is 11.5 Å². The van der Waals surface area contributed by atoms with Gasteiger partial charge in [-0.3, -0.25) is 9.59 Å². The van der Waals surface area contributed by atoms with Crippen molar-refractivity contribution in [1.29, 1.82) is 0 Å². The molecule has 0 atom stereocenters. The van der Waals surface area contributed by atoms with Gasteiger partial charge < -0.3 is 14.8 Å². The zero-order valence-corrected chi connectivity index (χ0v) is 19.0. The van der Waals surface area contributed by atoms with E-state index in [9.17, 15) is 9.59 Å². The summed E-state index contributed by atoms with van der Waals surface area (Å²) in [6, 6.07) is 10.5. The fourth-order valence-electron chi connectivity index (χ4n) is 2.40. The van der Waals surface area contributed by atoms with Gasteiger partial charge in [-0.15, -0.1) is 0 Å². The van der Waals surface area contributed by atoms with E-state index in [0.717, 1.165) is 10.9 Å². The number of amides is 2. The third-order valence-corrected chi connectivity index (χ3v) is 4.75. The second kappa shape index (κ2) is 12.2. The lowest BCUT2D eigenvalue weighted by molar-refractivity contribution is -0.124. The summed E-state index contributed by atoms with van der Waals surface area (Å²) in [6.07, 6.45) is 2.36. The number of carbonyl (C=O) groups is 2. The molecule has 0 unspecified atom stereocenters. The summed E-state index contributed by atoms with van der Waals surface area (Å²) in [4.78, 5) is 23.9. The Morgan fingerprint density at radius 1 is 1.20 bits per heavy atom. The summed E-state index contributed by atoms with van der Waals surface area (Å²) in [6.45, 7) is 2.59. The maximum Gasteiger partial charge on any atom is 0.240 e. The van der Waals surface area contributed by atoms with Crippen molar-refractivity contribution in [3.8, 4) is 11.5 Å². The highest BCUT2D eigenvalue weighted by molar-refractivity contribution is 9.10. The molecule has 0 radical (unpaired) electrons. The second-order valence-electron chi connectivity index (χ2n) is 6.20. The number of hydrogen-bond donors (Lipinski definition) is 2. The zero-order chi connectivity index (χ0) is 21.9. The van der Waals surface area contributed by atoms with Crippen LogP contribution in [-0.4, -0.2) is 31.7 Å². The molecule has 2 amide bonds. The molecule has 30 heavy (non-hydrogen) atoms. The van der Waals surface area contributed by atoms with Crippen molar-refractivity contribution < 1.29 is 19.1 Å². The van der Waals surface area contributed by atoms with Crippen LogP contribution in [0, 0.1) is 0 Å². The molecule has 2 aromatic carbocycles. The Labute approximate surface area is 188 Å². The van der Waals surface area contributed by atoms with Crippen LogP contribution in [0.3, 0.4) is 0 Å². The molecule has 0 aliphatic carbocycles. The minimum absolute atomic E-state index is 0.00934. The molecule has 0 saturated heterocycles. The van der Waals surface area contributed by atoms with Crippen LogP contribution in [0.4, 0.5) is 5.69 Å². The highest BCUT2D eigenvalue weighted by Gasteiger charge is 2.11. The number of halogens is 2. The summed E-state index contributed by atoms with van der Waals surface area (Å²) in [5.74, 6) is 0.486. The summed E-state index contributed by atoms with van der Waals surface area (Å²) >= 11 is 9.45. The number of ether oxygens (including phenoxy) is 2. The van der Waals surface area contributed by atoms with Gasteiger partial charge in [0, 0.05) is 12.8 Å². The number of hydrazone groups is 1. The van der Waals surface area contributed by atoms with Crippen LogP contribution in [-0.2, 0) is 9.59 Å². The van der Waals surface area contributed by atoms with Gasteiger partial charge in [-0.1, -0.05) is 30.7 Å². The van der Waals surface area contributed by atoms with E-state index in [-0.39, 0.29) is 24.7 Å². The third kappa shape index (κ3) is 7.35. The van der Waals surface area contributed by atoms with Gasteiger partial charge >= 0.3 is 0 Å². The number of nitrogens with one attached hydrogen (secondary N) is 2. The van der Waals surface area contributed by atoms with Crippen molar-refractivity contribution in [2.24, 2.45) is 5.10 Å². The molecule has 0 aromatic heterocycles. The molecule has 2 N–H and O–H groups in total. The first kappa shape index (κ1) is 23.7. The Morgan fingerprint density at radius 2 is 1.93 bits per heavy atom. The largest absolute Gasteiger partial charge is 0.493 e. The molecule has 160 valence electrons. The van der Waals surface area contributed by atoms with Crippen LogP contribution < -0.4 is 20.2 Å². The van der Waals surface area contributed by atoms with E-state index in [1.807, 2.05) is 6.92 Å². The molecule has 9 heteroatoms. The number of para-hydroxylation sites is 1. The normalized spacial score (nSPS) is 10.7. The first-order chi connectivity index (χ1) is 14.4. The number of hydrogen-bond acceptors (Lipinski definition) is 5. The molecular formula is C21H23BrClN3O4. The summed E-state index contributed by atoms with van der Waals surface area (Å²) in [5, 5.41) is 7.03. The third-order valence-electron chi connectivity index (χ3n) is 3.83. The van der Waals surface area contributed by atoms with Crippen molar-refractivity contribution in [3.05, 3.63) is 51.5 Å². The number of methoxy groups -OCH3 is 1. The topological polar surface area (TPSA) is 89.0 Å². The van der Waals surface area contributed by atoms with E-state index < -0.39 is 0 Å². The van der Waals surface area contributed by atoms with E-state index in [0.29, 0.717) is 34.4 Å². The van der Waals surface area contributed by atoms with Crippen molar-refractivity contribution in [2.75, 3.05) is 19.0 Å². The minimum atomic E-state index is -0.380. The molecule has 2 aromatic rings. The fraction of sp³-hybridized carbons (Fsp3) is 0.286. The van der Waals surface area contributed by atoms with E-state index in [2.05, 4.69) is 31.8 Å². The average Bonchev–Trinajstić information content (AvgIpc) is 2.73. The molecule has 0 aliphatic heterocycles. The minimum Gasteiger partial charge on any atom is -0.493 e. The molecular weight excluding hydrogens is 474 g/mol. The van der Waals surface area contributed by atoms with Gasteiger partial charge in [-0.05, 0) is 52.2 Å². The van der Waals surface area contributed by atoms with E-state index in [1.54, 1.807) is 43.5 Å². The molecule has 2 rings (SSSR count). The number of nitrogens with zero attached hydrogens (tertiary/aromatic N) is 1. The Kier molecular flexibility index (Phi) is 9.63. The maximum atomic E-state index is 12.0. The molecule has 0 heterocycles. The van der Waals surface area contributed by atoms with Crippen LogP contribution in [0.5, 0.6) is 11.5 Å². The van der Waals surface area contributed by atoms with Crippen molar-refractivity contribution in [2.45, 2.75) is 26.2 Å². The van der Waals surface area contributed by atoms with Crippen LogP contribution in [0.2, 0.25) is 5.02 Å². The zero-order valence-electron chi connectivity index (χ0n) is 16.7. The van der Waals surface area contributed by atoms with Gasteiger partial charge in [-0.25, -0.2) is 5.43 Å². The van der Waals surface area contributed by atoms with E-state index in [4.69, 9.17) is 21.1 Å². The molecule has 7 nitrogen and oxygen atoms in total. The Hall–Kier alpha value is -2.58. The van der Waals surface area contributed by atoms with Crippen molar-refractivity contribution in [1.82, 2.24) is 5.43 Å². The first-order valence-corrected chi connectivity index (χ1v) is 10.5. The molecule has 0 spiro atoms. The number of carbonyl (C=O) groups excluding carboxylic acids is 2. The van der Waals surface area contributed by atoms with Crippen LogP contribution >= 0.6 is 27.5 Å². The van der Waals surface area contributed by atoms with Crippen LogP contribution in [0.15, 0.2) is 46.0 Å². The molecule has 0 saturated carbocycles. The smallest absolute Gasteiger partial charge is 0.240 e. The lowest BCUT2D eigenvalue weighted by Crippen LogP contribution is -2.20. The molecule has 0 bridgehead atoms. The van der Waals surface area contributed by atoms with E-state index >= 15 is 0 Å². The van der Waals surface area contributed by atoms with Gasteiger partial charge in [0.05, 0.1) is 35.1 Å². The maximum absolute atomic E-state index is 12.0.